The van der Waals surface area contributed by atoms with Crippen molar-refractivity contribution in [2.45, 2.75) is 11.5 Å². The van der Waals surface area contributed by atoms with E-state index in [9.17, 15) is 12.8 Å². The first kappa shape index (κ1) is 16.0. The Morgan fingerprint density at radius 2 is 1.76 bits per heavy atom. The van der Waals surface area contributed by atoms with Crippen LogP contribution in [0.5, 0.6) is 5.75 Å². The number of sulfonamides is 1. The molecule has 0 unspecified atom stereocenters. The highest BCUT2D eigenvalue weighted by Gasteiger charge is 2.13. The van der Waals surface area contributed by atoms with E-state index in [1.54, 1.807) is 18.2 Å². The van der Waals surface area contributed by atoms with Gasteiger partial charge in [-0.1, -0.05) is 29.3 Å². The predicted molar refractivity (Wildman–Crippen MR) is 78.6 cm³/mol. The summed E-state index contributed by atoms with van der Waals surface area (Å²) in [5, 5.41) is 5.70. The predicted octanol–water partition coefficient (Wildman–Crippen LogP) is 3.36. The van der Waals surface area contributed by atoms with Crippen LogP contribution < -0.4 is 9.88 Å². The van der Waals surface area contributed by atoms with E-state index in [0.717, 1.165) is 12.1 Å². The molecular weight excluding hydrogens is 340 g/mol. The molecule has 0 fully saturated rings. The molecule has 2 N–H and O–H groups in total. The van der Waals surface area contributed by atoms with Crippen LogP contribution in [-0.4, -0.2) is 8.42 Å². The van der Waals surface area contributed by atoms with Gasteiger partial charge in [0.05, 0.1) is 4.90 Å². The van der Waals surface area contributed by atoms with E-state index in [1.165, 1.54) is 6.07 Å². The number of rotatable bonds is 4. The first-order valence-electron chi connectivity index (χ1n) is 5.67. The molecule has 2 aromatic carbocycles. The van der Waals surface area contributed by atoms with Crippen molar-refractivity contribution in [3.8, 4) is 5.75 Å². The average Bonchev–Trinajstić information content (AvgIpc) is 2.38. The minimum absolute atomic E-state index is 0.0514. The van der Waals surface area contributed by atoms with Gasteiger partial charge >= 0.3 is 0 Å². The minimum Gasteiger partial charge on any atom is -0.486 e. The van der Waals surface area contributed by atoms with Gasteiger partial charge in [-0.05, 0) is 30.3 Å². The molecule has 0 aliphatic carbocycles. The van der Waals surface area contributed by atoms with Crippen LogP contribution in [0.2, 0.25) is 10.0 Å². The third-order valence-electron chi connectivity index (χ3n) is 2.67. The average molecular weight is 350 g/mol. The molecule has 21 heavy (non-hydrogen) atoms. The molecule has 0 aromatic heterocycles. The summed E-state index contributed by atoms with van der Waals surface area (Å²) in [7, 11) is -3.96. The molecule has 2 rings (SSSR count). The van der Waals surface area contributed by atoms with Gasteiger partial charge in [-0.25, -0.2) is 17.9 Å². The largest absolute Gasteiger partial charge is 0.486 e. The Morgan fingerprint density at radius 1 is 1.14 bits per heavy atom. The van der Waals surface area contributed by atoms with Gasteiger partial charge in [-0.3, -0.25) is 0 Å². The molecule has 0 aliphatic heterocycles. The molecule has 0 atom stereocenters. The van der Waals surface area contributed by atoms with Crippen LogP contribution in [0, 0.1) is 5.82 Å². The lowest BCUT2D eigenvalue weighted by molar-refractivity contribution is 0.290. The number of ether oxygens (including phenoxy) is 1. The van der Waals surface area contributed by atoms with Gasteiger partial charge < -0.3 is 4.74 Å². The number of benzene rings is 2. The maximum atomic E-state index is 13.8. The summed E-state index contributed by atoms with van der Waals surface area (Å²) in [6, 6.07) is 8.06. The lowest BCUT2D eigenvalue weighted by atomic mass is 10.2. The Morgan fingerprint density at radius 3 is 2.29 bits per heavy atom. The quantitative estimate of drug-likeness (QED) is 0.919. The van der Waals surface area contributed by atoms with E-state index < -0.39 is 15.8 Å². The summed E-state index contributed by atoms with van der Waals surface area (Å²) in [4.78, 5) is -0.330. The third-order valence-corrected chi connectivity index (χ3v) is 4.28. The first-order chi connectivity index (χ1) is 9.79. The number of primary sulfonamides is 1. The maximum Gasteiger partial charge on any atom is 0.238 e. The number of hydrogen-bond acceptors (Lipinski definition) is 3. The summed E-state index contributed by atoms with van der Waals surface area (Å²) in [5.41, 5.74) is 0.510. The highest BCUT2D eigenvalue weighted by atomic mass is 35.5. The summed E-state index contributed by atoms with van der Waals surface area (Å²) < 4.78 is 41.2. The fourth-order valence-electron chi connectivity index (χ4n) is 1.60. The Balaban J connectivity index is 2.22. The van der Waals surface area contributed by atoms with Crippen molar-refractivity contribution in [2.75, 3.05) is 0 Å². The summed E-state index contributed by atoms with van der Waals surface area (Å²) in [5.74, 6) is -0.969. The van der Waals surface area contributed by atoms with Gasteiger partial charge in [0.15, 0.2) is 11.6 Å². The van der Waals surface area contributed by atoms with Gasteiger partial charge in [0.1, 0.15) is 6.61 Å². The Hall–Kier alpha value is -1.34. The minimum atomic E-state index is -3.96. The highest BCUT2D eigenvalue weighted by molar-refractivity contribution is 7.89. The molecule has 0 bridgehead atoms. The van der Waals surface area contributed by atoms with Crippen molar-refractivity contribution >= 4 is 33.2 Å². The Labute approximate surface area is 131 Å². The van der Waals surface area contributed by atoms with E-state index in [1.807, 2.05) is 0 Å². The first-order valence-corrected chi connectivity index (χ1v) is 7.97. The second kappa shape index (κ2) is 6.19. The molecule has 8 heteroatoms. The van der Waals surface area contributed by atoms with Crippen molar-refractivity contribution in [1.29, 1.82) is 0 Å². The van der Waals surface area contributed by atoms with Gasteiger partial charge in [0.25, 0.3) is 0 Å². The lowest BCUT2D eigenvalue weighted by Crippen LogP contribution is -2.12. The zero-order valence-electron chi connectivity index (χ0n) is 10.5. The molecule has 0 spiro atoms. The molecule has 0 heterocycles. The van der Waals surface area contributed by atoms with Crippen LogP contribution in [0.15, 0.2) is 41.3 Å². The van der Waals surface area contributed by atoms with Gasteiger partial charge in [-0.15, -0.1) is 0 Å². The number of halogens is 3. The molecular formula is C13H10Cl2FNO3S. The van der Waals surface area contributed by atoms with E-state index in [2.05, 4.69) is 0 Å². The zero-order valence-corrected chi connectivity index (χ0v) is 12.8. The normalized spacial score (nSPS) is 11.4. The highest BCUT2D eigenvalue weighted by Crippen LogP contribution is 2.27. The topological polar surface area (TPSA) is 69.4 Å². The van der Waals surface area contributed by atoms with Crippen LogP contribution in [0.25, 0.3) is 0 Å². The van der Waals surface area contributed by atoms with Crippen LogP contribution in [0.4, 0.5) is 4.39 Å². The van der Waals surface area contributed by atoms with Crippen molar-refractivity contribution in [2.24, 2.45) is 5.14 Å². The lowest BCUT2D eigenvalue weighted by Gasteiger charge is -2.10. The van der Waals surface area contributed by atoms with Crippen molar-refractivity contribution in [3.63, 3.8) is 0 Å². The van der Waals surface area contributed by atoms with E-state index in [0.29, 0.717) is 15.6 Å². The van der Waals surface area contributed by atoms with E-state index >= 15 is 0 Å². The van der Waals surface area contributed by atoms with Crippen LogP contribution >= 0.6 is 23.2 Å². The molecule has 112 valence electrons. The van der Waals surface area contributed by atoms with E-state index in [4.69, 9.17) is 33.1 Å². The monoisotopic (exact) mass is 349 g/mol. The molecule has 4 nitrogen and oxygen atoms in total. The fraction of sp³-hybridized carbons (Fsp3) is 0.0769. The smallest absolute Gasteiger partial charge is 0.238 e. The van der Waals surface area contributed by atoms with E-state index in [-0.39, 0.29) is 17.3 Å². The second-order valence-electron chi connectivity index (χ2n) is 4.13. The Kier molecular flexibility index (Phi) is 4.73. The summed E-state index contributed by atoms with van der Waals surface area (Å²) in [6.45, 7) is -0.0514. The fourth-order valence-corrected chi connectivity index (χ4v) is 2.63. The molecule has 0 saturated carbocycles. The Bertz CT molecular complexity index is 761. The van der Waals surface area contributed by atoms with Gasteiger partial charge in [0, 0.05) is 15.6 Å². The molecule has 0 saturated heterocycles. The molecule has 2 aromatic rings. The maximum absolute atomic E-state index is 13.8. The van der Waals surface area contributed by atoms with Crippen molar-refractivity contribution < 1.29 is 17.5 Å². The SMILES string of the molecule is NS(=O)(=O)c1ccc(OCc2c(Cl)cccc2Cl)c(F)c1. The third kappa shape index (κ3) is 3.85. The standard InChI is InChI=1S/C13H10Cl2FNO3S/c14-10-2-1-3-11(15)9(10)7-20-13-5-4-8(6-12(13)16)21(17,18)19/h1-6H,7H2,(H2,17,18,19). The number of nitrogens with two attached hydrogens (primary N) is 1. The second-order valence-corrected chi connectivity index (χ2v) is 6.50. The summed E-state index contributed by atoms with van der Waals surface area (Å²) in [6.07, 6.45) is 0. The van der Waals surface area contributed by atoms with Crippen LogP contribution in [-0.2, 0) is 16.6 Å². The molecule has 0 aliphatic rings. The van der Waals surface area contributed by atoms with Crippen LogP contribution in [0.1, 0.15) is 5.56 Å². The van der Waals surface area contributed by atoms with Gasteiger partial charge in [-0.2, -0.15) is 0 Å². The van der Waals surface area contributed by atoms with Crippen LogP contribution in [0.3, 0.4) is 0 Å². The number of hydrogen-bond donors (Lipinski definition) is 1. The van der Waals surface area contributed by atoms with Crippen molar-refractivity contribution in [3.05, 3.63) is 57.8 Å². The zero-order chi connectivity index (χ0) is 15.6. The summed E-state index contributed by atoms with van der Waals surface area (Å²) >= 11 is 11.9. The molecule has 0 amide bonds. The van der Waals surface area contributed by atoms with Gasteiger partial charge in [0.2, 0.25) is 10.0 Å². The van der Waals surface area contributed by atoms with Crippen molar-refractivity contribution in [1.82, 2.24) is 0 Å². The molecule has 0 radical (unpaired) electrons.